The Bertz CT molecular complexity index is 381. The second-order valence-electron chi connectivity index (χ2n) is 2.73. The van der Waals surface area contributed by atoms with Crippen molar-refractivity contribution in [2.75, 3.05) is 0 Å². The average molecular weight is 277 g/mol. The number of rotatable bonds is 2. The van der Waals surface area contributed by atoms with Crippen LogP contribution in [-0.2, 0) is 20.2 Å². The maximum absolute atomic E-state index is 12.0. The monoisotopic (exact) mass is 276 g/mol. The molecule has 0 spiro atoms. The molecule has 0 bridgehead atoms. The predicted octanol–water partition coefficient (Wildman–Crippen LogP) is 1.60. The van der Waals surface area contributed by atoms with Crippen LogP contribution in [0.25, 0.3) is 0 Å². The van der Waals surface area contributed by atoms with Gasteiger partial charge in [-0.25, -0.2) is 0 Å². The van der Waals surface area contributed by atoms with E-state index in [-0.39, 0.29) is 0 Å². The first-order chi connectivity index (χ1) is 6.88. The van der Waals surface area contributed by atoms with Gasteiger partial charge in [0, 0.05) is 0 Å². The van der Waals surface area contributed by atoms with Crippen LogP contribution in [0.3, 0.4) is 0 Å². The summed E-state index contributed by atoms with van der Waals surface area (Å²) in [5.74, 6) is 0. The standard InChI is InChI=1S/2C6H5.O.Pd/c2*1-2-4-6-5-3-1;;/h2*1-5H;;. The molecule has 0 aromatic heterocycles. The number of hydrogen-bond donors (Lipinski definition) is 0. The van der Waals surface area contributed by atoms with Crippen molar-refractivity contribution < 1.29 is 20.2 Å². The van der Waals surface area contributed by atoms with Gasteiger partial charge in [-0.05, 0) is 0 Å². The van der Waals surface area contributed by atoms with Crippen LogP contribution >= 0.6 is 0 Å². The number of benzene rings is 2. The van der Waals surface area contributed by atoms with Gasteiger partial charge in [0.15, 0.2) is 0 Å². The topological polar surface area (TPSA) is 17.1 Å². The van der Waals surface area contributed by atoms with Crippen LogP contribution < -0.4 is 8.07 Å². The minimum absolute atomic E-state index is 0.935. The van der Waals surface area contributed by atoms with Crippen molar-refractivity contribution in [3.63, 3.8) is 0 Å². The van der Waals surface area contributed by atoms with E-state index in [2.05, 4.69) is 0 Å². The molecule has 0 unspecified atom stereocenters. The Labute approximate surface area is 89.0 Å². The third-order valence-electron chi connectivity index (χ3n) is 1.76. The molecule has 2 heteroatoms. The Morgan fingerprint density at radius 2 is 1.00 bits per heavy atom. The van der Waals surface area contributed by atoms with Crippen LogP contribution in [0.15, 0.2) is 60.7 Å². The Hall–Kier alpha value is -1.10. The molecule has 1 nitrogen and oxygen atoms in total. The van der Waals surface area contributed by atoms with E-state index in [4.69, 9.17) is 0 Å². The second-order valence-corrected chi connectivity index (χ2v) is 5.55. The van der Waals surface area contributed by atoms with Crippen LogP contribution in [0.1, 0.15) is 0 Å². The summed E-state index contributed by atoms with van der Waals surface area (Å²) in [7, 11) is 0. The summed E-state index contributed by atoms with van der Waals surface area (Å²) >= 11 is -1.94. The molecular weight excluding hydrogens is 267 g/mol. The molecular formula is C12H10OPd. The SMILES string of the molecule is [O]=[Pd]([c]1ccccc1)[c]1ccccc1. The first-order valence-electron chi connectivity index (χ1n) is 4.27. The van der Waals surface area contributed by atoms with E-state index in [9.17, 15) is 3.47 Å². The molecule has 14 heavy (non-hydrogen) atoms. The van der Waals surface area contributed by atoms with E-state index in [0.29, 0.717) is 0 Å². The van der Waals surface area contributed by atoms with Gasteiger partial charge in [-0.3, -0.25) is 0 Å². The van der Waals surface area contributed by atoms with E-state index >= 15 is 0 Å². The van der Waals surface area contributed by atoms with Crippen molar-refractivity contribution in [1.29, 1.82) is 0 Å². The van der Waals surface area contributed by atoms with E-state index in [1.807, 2.05) is 60.7 Å². The molecule has 0 aliphatic heterocycles. The van der Waals surface area contributed by atoms with Gasteiger partial charge >= 0.3 is 88.9 Å². The van der Waals surface area contributed by atoms with E-state index in [1.54, 1.807) is 0 Å². The zero-order valence-electron chi connectivity index (χ0n) is 7.50. The van der Waals surface area contributed by atoms with E-state index in [1.165, 1.54) is 0 Å². The zero-order chi connectivity index (χ0) is 9.80. The van der Waals surface area contributed by atoms with E-state index < -0.39 is 16.7 Å². The van der Waals surface area contributed by atoms with Crippen molar-refractivity contribution in [3.8, 4) is 0 Å². The molecule has 0 aliphatic rings. The summed E-state index contributed by atoms with van der Waals surface area (Å²) in [6, 6.07) is 19.2. The summed E-state index contributed by atoms with van der Waals surface area (Å²) < 4.78 is 13.9. The molecule has 74 valence electrons. The normalized spacial score (nSPS) is 11.0. The molecule has 0 amide bonds. The summed E-state index contributed by atoms with van der Waals surface area (Å²) in [6.45, 7) is 0. The third kappa shape index (κ3) is 2.04. The van der Waals surface area contributed by atoms with Crippen molar-refractivity contribution in [3.05, 3.63) is 60.7 Å². The van der Waals surface area contributed by atoms with E-state index in [0.717, 1.165) is 8.07 Å². The molecule has 2 aromatic rings. The van der Waals surface area contributed by atoms with Crippen LogP contribution in [0.5, 0.6) is 0 Å². The molecule has 2 aromatic carbocycles. The molecule has 0 radical (unpaired) electrons. The average Bonchev–Trinajstić information content (AvgIpc) is 2.30. The Morgan fingerprint density at radius 1 is 0.643 bits per heavy atom. The van der Waals surface area contributed by atoms with Gasteiger partial charge in [0.2, 0.25) is 0 Å². The first kappa shape index (κ1) is 9.46. The summed E-state index contributed by atoms with van der Waals surface area (Å²) in [6.07, 6.45) is 0. The van der Waals surface area contributed by atoms with Gasteiger partial charge in [0.05, 0.1) is 0 Å². The maximum atomic E-state index is 12.0. The number of hydrogen-bond acceptors (Lipinski definition) is 1. The van der Waals surface area contributed by atoms with Crippen LogP contribution in [0.4, 0.5) is 0 Å². The molecule has 0 heterocycles. The Balaban J connectivity index is 2.35. The van der Waals surface area contributed by atoms with Crippen molar-refractivity contribution in [1.82, 2.24) is 0 Å². The van der Waals surface area contributed by atoms with Crippen molar-refractivity contribution in [2.24, 2.45) is 0 Å². The fourth-order valence-electron chi connectivity index (χ4n) is 1.10. The van der Waals surface area contributed by atoms with Gasteiger partial charge < -0.3 is 0 Å². The Kier molecular flexibility index (Phi) is 2.98. The minimum atomic E-state index is -1.94. The van der Waals surface area contributed by atoms with Crippen LogP contribution in [0.2, 0.25) is 0 Å². The molecule has 0 atom stereocenters. The third-order valence-corrected chi connectivity index (χ3v) is 4.42. The molecule has 0 fully saturated rings. The second kappa shape index (κ2) is 4.41. The van der Waals surface area contributed by atoms with Gasteiger partial charge in [0.1, 0.15) is 0 Å². The predicted molar refractivity (Wildman–Crippen MR) is 52.8 cm³/mol. The van der Waals surface area contributed by atoms with Crippen LogP contribution in [0, 0.1) is 0 Å². The van der Waals surface area contributed by atoms with Gasteiger partial charge in [-0.1, -0.05) is 0 Å². The summed E-state index contributed by atoms with van der Waals surface area (Å²) in [5.41, 5.74) is 0. The Morgan fingerprint density at radius 3 is 1.36 bits per heavy atom. The molecule has 0 saturated heterocycles. The molecule has 0 aliphatic carbocycles. The van der Waals surface area contributed by atoms with Gasteiger partial charge in [0.25, 0.3) is 0 Å². The fraction of sp³-hybridized carbons (Fsp3) is 0. The quantitative estimate of drug-likeness (QED) is 0.762. The van der Waals surface area contributed by atoms with Crippen LogP contribution in [-0.4, -0.2) is 0 Å². The first-order valence-corrected chi connectivity index (χ1v) is 6.46. The fourth-order valence-corrected chi connectivity index (χ4v) is 3.16. The van der Waals surface area contributed by atoms with Gasteiger partial charge in [-0.15, -0.1) is 0 Å². The van der Waals surface area contributed by atoms with Gasteiger partial charge in [-0.2, -0.15) is 0 Å². The molecule has 0 saturated carbocycles. The van der Waals surface area contributed by atoms with Crippen molar-refractivity contribution in [2.45, 2.75) is 0 Å². The molecule has 2 rings (SSSR count). The molecule has 0 N–H and O–H groups in total. The summed E-state index contributed by atoms with van der Waals surface area (Å²) in [4.78, 5) is 0. The summed E-state index contributed by atoms with van der Waals surface area (Å²) in [5, 5.41) is 0. The zero-order valence-corrected chi connectivity index (χ0v) is 9.05. The van der Waals surface area contributed by atoms with Crippen molar-refractivity contribution >= 4 is 8.07 Å².